The van der Waals surface area contributed by atoms with E-state index in [-0.39, 0.29) is 0 Å². The zero-order valence-corrected chi connectivity index (χ0v) is 9.33. The smallest absolute Gasteiger partial charge is 0.117 e. The first kappa shape index (κ1) is 9.28. The van der Waals surface area contributed by atoms with Gasteiger partial charge in [0.15, 0.2) is 0 Å². The second kappa shape index (κ2) is 3.01. The molecule has 0 saturated carbocycles. The summed E-state index contributed by atoms with van der Waals surface area (Å²) in [5.41, 5.74) is 4.69. The number of benzene rings is 2. The number of aryl methyl sites for hydroxylation is 2. The molecule has 2 aromatic carbocycles. The van der Waals surface area contributed by atoms with Crippen molar-refractivity contribution in [2.45, 2.75) is 13.8 Å². The number of phenols is 1. The van der Waals surface area contributed by atoms with Gasteiger partial charge >= 0.3 is 0 Å². The highest BCUT2D eigenvalue weighted by atomic mass is 16.3. The van der Waals surface area contributed by atoms with Crippen molar-refractivity contribution in [3.8, 4) is 5.75 Å². The zero-order chi connectivity index (χ0) is 11.3. The van der Waals surface area contributed by atoms with E-state index in [1.165, 1.54) is 16.5 Å². The van der Waals surface area contributed by atoms with Gasteiger partial charge < -0.3 is 10.1 Å². The van der Waals surface area contributed by atoms with E-state index in [0.29, 0.717) is 5.75 Å². The maximum atomic E-state index is 9.44. The Morgan fingerprint density at radius 1 is 0.875 bits per heavy atom. The average Bonchev–Trinajstić information content (AvgIpc) is 2.55. The number of hydrogen-bond acceptors (Lipinski definition) is 1. The van der Waals surface area contributed by atoms with Crippen molar-refractivity contribution in [1.82, 2.24) is 4.98 Å². The van der Waals surface area contributed by atoms with Gasteiger partial charge in [0.1, 0.15) is 5.75 Å². The van der Waals surface area contributed by atoms with Crippen molar-refractivity contribution in [2.24, 2.45) is 0 Å². The molecule has 0 unspecified atom stereocenters. The number of nitrogens with one attached hydrogen (secondary N) is 1. The quantitative estimate of drug-likeness (QED) is 0.585. The summed E-state index contributed by atoms with van der Waals surface area (Å²) in [4.78, 5) is 3.33. The summed E-state index contributed by atoms with van der Waals surface area (Å²) < 4.78 is 0. The molecule has 0 fully saturated rings. The highest BCUT2D eigenvalue weighted by Crippen LogP contribution is 2.29. The standard InChI is InChI=1S/C14H13NO/c1-8-5-12-11-4-3-10(16)7-14(11)15-13(12)6-9(8)2/h3-7,15-16H,1-2H3. The molecule has 1 heterocycles. The Hall–Kier alpha value is -1.96. The van der Waals surface area contributed by atoms with Crippen LogP contribution in [0.4, 0.5) is 0 Å². The molecule has 80 valence electrons. The van der Waals surface area contributed by atoms with Gasteiger partial charge in [-0.2, -0.15) is 0 Å². The van der Waals surface area contributed by atoms with E-state index in [1.54, 1.807) is 12.1 Å². The number of aromatic hydroxyl groups is 1. The van der Waals surface area contributed by atoms with Crippen molar-refractivity contribution < 1.29 is 5.11 Å². The summed E-state index contributed by atoms with van der Waals surface area (Å²) >= 11 is 0. The van der Waals surface area contributed by atoms with Crippen molar-refractivity contribution in [3.05, 3.63) is 41.5 Å². The minimum Gasteiger partial charge on any atom is -0.508 e. The fourth-order valence-electron chi connectivity index (χ4n) is 2.16. The van der Waals surface area contributed by atoms with E-state index >= 15 is 0 Å². The van der Waals surface area contributed by atoms with Crippen molar-refractivity contribution in [2.75, 3.05) is 0 Å². The highest BCUT2D eigenvalue weighted by molar-refractivity contribution is 6.07. The normalized spacial score (nSPS) is 11.4. The maximum absolute atomic E-state index is 9.44. The Kier molecular flexibility index (Phi) is 1.75. The average molecular weight is 211 g/mol. The van der Waals surface area contributed by atoms with Gasteiger partial charge in [-0.1, -0.05) is 0 Å². The lowest BCUT2D eigenvalue weighted by Crippen LogP contribution is -1.79. The molecule has 2 heteroatoms. The van der Waals surface area contributed by atoms with E-state index in [9.17, 15) is 5.11 Å². The molecule has 16 heavy (non-hydrogen) atoms. The number of phenolic OH excluding ortho intramolecular Hbond substituents is 1. The number of aromatic nitrogens is 1. The fourth-order valence-corrected chi connectivity index (χ4v) is 2.16. The molecule has 3 aromatic rings. The third kappa shape index (κ3) is 1.20. The van der Waals surface area contributed by atoms with Crippen LogP contribution in [0.3, 0.4) is 0 Å². The lowest BCUT2D eigenvalue weighted by molar-refractivity contribution is 0.476. The van der Waals surface area contributed by atoms with E-state index in [4.69, 9.17) is 0 Å². The molecule has 2 nitrogen and oxygen atoms in total. The van der Waals surface area contributed by atoms with Gasteiger partial charge in [-0.05, 0) is 49.2 Å². The number of rotatable bonds is 0. The van der Waals surface area contributed by atoms with Crippen LogP contribution < -0.4 is 0 Å². The molecule has 0 radical (unpaired) electrons. The number of fused-ring (bicyclic) bond motifs is 3. The molecule has 0 amide bonds. The molecular weight excluding hydrogens is 198 g/mol. The summed E-state index contributed by atoms with van der Waals surface area (Å²) in [7, 11) is 0. The van der Waals surface area contributed by atoms with Crippen LogP contribution in [0.5, 0.6) is 5.75 Å². The van der Waals surface area contributed by atoms with E-state index in [0.717, 1.165) is 16.4 Å². The zero-order valence-electron chi connectivity index (χ0n) is 9.33. The molecular formula is C14H13NO. The molecule has 0 atom stereocenters. The predicted molar refractivity (Wildman–Crippen MR) is 66.9 cm³/mol. The van der Waals surface area contributed by atoms with Crippen LogP contribution in [0, 0.1) is 13.8 Å². The summed E-state index contributed by atoms with van der Waals surface area (Å²) in [5, 5.41) is 11.8. The van der Waals surface area contributed by atoms with Crippen LogP contribution in [0.25, 0.3) is 21.8 Å². The third-order valence-electron chi connectivity index (χ3n) is 3.20. The molecule has 0 aliphatic carbocycles. The van der Waals surface area contributed by atoms with Gasteiger partial charge in [-0.15, -0.1) is 0 Å². The Morgan fingerprint density at radius 3 is 2.38 bits per heavy atom. The highest BCUT2D eigenvalue weighted by Gasteiger charge is 2.06. The molecule has 3 rings (SSSR count). The largest absolute Gasteiger partial charge is 0.508 e. The first-order valence-electron chi connectivity index (χ1n) is 5.37. The van der Waals surface area contributed by atoms with E-state index in [1.807, 2.05) is 6.07 Å². The SMILES string of the molecule is Cc1cc2[nH]c3cc(O)ccc3c2cc1C. The van der Waals surface area contributed by atoms with Gasteiger partial charge in [0, 0.05) is 22.4 Å². The van der Waals surface area contributed by atoms with E-state index in [2.05, 4.69) is 31.0 Å². The second-order valence-corrected chi connectivity index (χ2v) is 4.34. The van der Waals surface area contributed by atoms with Crippen molar-refractivity contribution >= 4 is 21.8 Å². The monoisotopic (exact) mass is 211 g/mol. The Morgan fingerprint density at radius 2 is 1.56 bits per heavy atom. The summed E-state index contributed by atoms with van der Waals surface area (Å²) in [5.74, 6) is 0.299. The van der Waals surface area contributed by atoms with Gasteiger partial charge in [0.2, 0.25) is 0 Å². The topological polar surface area (TPSA) is 36.0 Å². The number of H-pyrrole nitrogens is 1. The van der Waals surface area contributed by atoms with Crippen molar-refractivity contribution in [1.29, 1.82) is 0 Å². The molecule has 0 bridgehead atoms. The van der Waals surface area contributed by atoms with Crippen LogP contribution in [0.15, 0.2) is 30.3 Å². The molecule has 0 spiro atoms. The molecule has 0 saturated heterocycles. The first-order chi connectivity index (χ1) is 7.65. The number of hydrogen-bond donors (Lipinski definition) is 2. The van der Waals surface area contributed by atoms with Crippen LogP contribution in [0.2, 0.25) is 0 Å². The van der Waals surface area contributed by atoms with Gasteiger partial charge in [0.25, 0.3) is 0 Å². The van der Waals surface area contributed by atoms with Crippen molar-refractivity contribution in [3.63, 3.8) is 0 Å². The molecule has 0 aliphatic heterocycles. The Labute approximate surface area is 93.5 Å². The Bertz CT molecular complexity index is 695. The van der Waals surface area contributed by atoms with Crippen LogP contribution in [-0.4, -0.2) is 10.1 Å². The third-order valence-corrected chi connectivity index (χ3v) is 3.20. The fraction of sp³-hybridized carbons (Fsp3) is 0.143. The van der Waals surface area contributed by atoms with Gasteiger partial charge in [-0.25, -0.2) is 0 Å². The molecule has 1 aromatic heterocycles. The molecule has 0 aliphatic rings. The second-order valence-electron chi connectivity index (χ2n) is 4.34. The minimum absolute atomic E-state index is 0.299. The predicted octanol–water partition coefficient (Wildman–Crippen LogP) is 3.64. The maximum Gasteiger partial charge on any atom is 0.117 e. The summed E-state index contributed by atoms with van der Waals surface area (Å²) in [6, 6.07) is 9.80. The van der Waals surface area contributed by atoms with Gasteiger partial charge in [0.05, 0.1) is 5.52 Å². The minimum atomic E-state index is 0.299. The lowest BCUT2D eigenvalue weighted by Gasteiger charge is -1.99. The molecule has 2 N–H and O–H groups in total. The first-order valence-corrected chi connectivity index (χ1v) is 5.37. The summed E-state index contributed by atoms with van der Waals surface area (Å²) in [6.07, 6.45) is 0. The lowest BCUT2D eigenvalue weighted by atomic mass is 10.1. The van der Waals surface area contributed by atoms with Gasteiger partial charge in [-0.3, -0.25) is 0 Å². The number of aromatic amines is 1. The Balaban J connectivity index is 2.51. The van der Waals surface area contributed by atoms with Crippen LogP contribution in [-0.2, 0) is 0 Å². The van der Waals surface area contributed by atoms with Crippen LogP contribution in [0.1, 0.15) is 11.1 Å². The van der Waals surface area contributed by atoms with Crippen LogP contribution >= 0.6 is 0 Å². The summed E-state index contributed by atoms with van der Waals surface area (Å²) in [6.45, 7) is 4.23. The van der Waals surface area contributed by atoms with E-state index < -0.39 is 0 Å².